The van der Waals surface area contributed by atoms with E-state index in [-0.39, 0.29) is 24.1 Å². The number of aliphatic hydroxyl groups excluding tert-OH is 1. The summed E-state index contributed by atoms with van der Waals surface area (Å²) in [6.45, 7) is 6.27. The average Bonchev–Trinajstić information content (AvgIpc) is 2.64. The van der Waals surface area contributed by atoms with Crippen LogP contribution in [-0.4, -0.2) is 65.2 Å². The van der Waals surface area contributed by atoms with Gasteiger partial charge in [-0.2, -0.15) is 0 Å². The van der Waals surface area contributed by atoms with Crippen LogP contribution in [0.5, 0.6) is 0 Å². The molecule has 2 aliphatic rings. The lowest BCUT2D eigenvalue weighted by Crippen LogP contribution is -2.56. The van der Waals surface area contributed by atoms with Crippen LogP contribution in [-0.2, 0) is 4.79 Å². The molecule has 1 aliphatic carbocycles. The number of hydrogen-bond donors (Lipinski definition) is 3. The number of nitrogens with one attached hydrogen (secondary N) is 2. The highest BCUT2D eigenvalue weighted by molar-refractivity contribution is 5.93. The molecule has 2 atom stereocenters. The number of amides is 3. The van der Waals surface area contributed by atoms with Crippen LogP contribution in [0.4, 0.5) is 16.2 Å². The van der Waals surface area contributed by atoms with Crippen molar-refractivity contribution in [2.75, 3.05) is 36.8 Å². The smallest absolute Gasteiger partial charge is 0.321 e. The molecule has 1 saturated carbocycles. The van der Waals surface area contributed by atoms with Crippen LogP contribution >= 0.6 is 0 Å². The third-order valence-corrected chi connectivity index (χ3v) is 5.56. The van der Waals surface area contributed by atoms with E-state index in [2.05, 4.69) is 15.5 Å². The highest BCUT2D eigenvalue weighted by atomic mass is 16.3. The molecule has 7 heteroatoms. The highest BCUT2D eigenvalue weighted by Gasteiger charge is 2.31. The maximum Gasteiger partial charge on any atom is 0.321 e. The van der Waals surface area contributed by atoms with Gasteiger partial charge >= 0.3 is 6.03 Å². The summed E-state index contributed by atoms with van der Waals surface area (Å²) >= 11 is 0. The van der Waals surface area contributed by atoms with Gasteiger partial charge in [0, 0.05) is 50.5 Å². The van der Waals surface area contributed by atoms with Crippen molar-refractivity contribution in [2.24, 2.45) is 0 Å². The minimum Gasteiger partial charge on any atom is -0.391 e. The van der Waals surface area contributed by atoms with E-state index in [1.807, 2.05) is 24.0 Å². The summed E-state index contributed by atoms with van der Waals surface area (Å²) in [5, 5.41) is 15.9. The van der Waals surface area contributed by atoms with Crippen molar-refractivity contribution in [1.82, 2.24) is 9.80 Å². The van der Waals surface area contributed by atoms with Gasteiger partial charge < -0.3 is 20.6 Å². The van der Waals surface area contributed by atoms with Crippen molar-refractivity contribution in [3.63, 3.8) is 0 Å². The SMILES string of the molecule is CC(=O)Nc1ccc(C)c(NC(=O)N2CCN([C@H]3CCCC[C@@H]3O)CC2)c1. The fraction of sp³-hybridized carbons (Fsp3) is 0.600. The Morgan fingerprint density at radius 2 is 1.78 bits per heavy atom. The summed E-state index contributed by atoms with van der Waals surface area (Å²) in [7, 11) is 0. The van der Waals surface area contributed by atoms with Gasteiger partial charge in [0.15, 0.2) is 0 Å². The molecule has 148 valence electrons. The Hall–Kier alpha value is -2.12. The van der Waals surface area contributed by atoms with Crippen LogP contribution in [0.2, 0.25) is 0 Å². The van der Waals surface area contributed by atoms with Gasteiger partial charge in [-0.15, -0.1) is 0 Å². The molecule has 7 nitrogen and oxygen atoms in total. The number of urea groups is 1. The monoisotopic (exact) mass is 374 g/mol. The van der Waals surface area contributed by atoms with Gasteiger partial charge in [-0.3, -0.25) is 9.69 Å². The van der Waals surface area contributed by atoms with Crippen molar-refractivity contribution in [2.45, 2.75) is 51.7 Å². The minimum absolute atomic E-state index is 0.123. The van der Waals surface area contributed by atoms with Crippen LogP contribution in [0.25, 0.3) is 0 Å². The van der Waals surface area contributed by atoms with Gasteiger partial charge in [0.05, 0.1) is 6.10 Å². The molecule has 2 fully saturated rings. The maximum absolute atomic E-state index is 12.7. The lowest BCUT2D eigenvalue weighted by atomic mass is 9.91. The molecule has 3 N–H and O–H groups in total. The number of carbonyl (C=O) groups excluding carboxylic acids is 2. The topological polar surface area (TPSA) is 84.9 Å². The summed E-state index contributed by atoms with van der Waals surface area (Å²) in [6.07, 6.45) is 3.97. The third kappa shape index (κ3) is 4.99. The molecule has 3 rings (SSSR count). The Labute approximate surface area is 160 Å². The summed E-state index contributed by atoms with van der Waals surface area (Å²) in [5.74, 6) is -0.142. The van der Waals surface area contributed by atoms with E-state index in [0.717, 1.165) is 37.9 Å². The number of rotatable bonds is 3. The lowest BCUT2D eigenvalue weighted by Gasteiger charge is -2.42. The lowest BCUT2D eigenvalue weighted by molar-refractivity contribution is -0.114. The maximum atomic E-state index is 12.7. The van der Waals surface area contributed by atoms with E-state index in [0.29, 0.717) is 24.5 Å². The van der Waals surface area contributed by atoms with Crippen molar-refractivity contribution in [3.05, 3.63) is 23.8 Å². The minimum atomic E-state index is -0.238. The van der Waals surface area contributed by atoms with Gasteiger partial charge in [-0.05, 0) is 37.5 Å². The number of carbonyl (C=O) groups is 2. The Balaban J connectivity index is 1.56. The molecule has 0 radical (unpaired) electrons. The summed E-state index contributed by atoms with van der Waals surface area (Å²) in [6, 6.07) is 5.59. The number of aliphatic hydroxyl groups is 1. The fourth-order valence-corrected chi connectivity index (χ4v) is 4.01. The van der Waals surface area contributed by atoms with Gasteiger partial charge in [0.25, 0.3) is 0 Å². The van der Waals surface area contributed by atoms with Crippen molar-refractivity contribution >= 4 is 23.3 Å². The van der Waals surface area contributed by atoms with E-state index in [4.69, 9.17) is 0 Å². The Morgan fingerprint density at radius 3 is 2.44 bits per heavy atom. The van der Waals surface area contributed by atoms with Crippen molar-refractivity contribution in [1.29, 1.82) is 0 Å². The van der Waals surface area contributed by atoms with Crippen LogP contribution in [0.1, 0.15) is 38.2 Å². The second-order valence-electron chi connectivity index (χ2n) is 7.58. The largest absolute Gasteiger partial charge is 0.391 e. The molecule has 1 saturated heterocycles. The first-order chi connectivity index (χ1) is 12.9. The van der Waals surface area contributed by atoms with Crippen LogP contribution < -0.4 is 10.6 Å². The Bertz CT molecular complexity index is 686. The fourth-order valence-electron chi connectivity index (χ4n) is 4.01. The van der Waals surface area contributed by atoms with E-state index in [1.165, 1.54) is 13.3 Å². The molecule has 0 bridgehead atoms. The molecule has 1 heterocycles. The number of benzene rings is 1. The van der Waals surface area contributed by atoms with E-state index in [9.17, 15) is 14.7 Å². The van der Waals surface area contributed by atoms with Gasteiger partial charge in [-0.1, -0.05) is 18.9 Å². The highest BCUT2D eigenvalue weighted by Crippen LogP contribution is 2.25. The normalized spacial score (nSPS) is 23.7. The van der Waals surface area contributed by atoms with Crippen molar-refractivity contribution in [3.8, 4) is 0 Å². The second kappa shape index (κ2) is 8.71. The van der Waals surface area contributed by atoms with E-state index >= 15 is 0 Å². The molecular formula is C20H30N4O3. The van der Waals surface area contributed by atoms with Crippen molar-refractivity contribution < 1.29 is 14.7 Å². The number of piperazine rings is 1. The predicted molar refractivity (Wildman–Crippen MR) is 106 cm³/mol. The zero-order valence-corrected chi connectivity index (χ0v) is 16.2. The van der Waals surface area contributed by atoms with Crippen LogP contribution in [0.15, 0.2) is 18.2 Å². The third-order valence-electron chi connectivity index (χ3n) is 5.56. The van der Waals surface area contributed by atoms with Crippen LogP contribution in [0, 0.1) is 6.92 Å². The second-order valence-corrected chi connectivity index (χ2v) is 7.58. The molecule has 3 amide bonds. The van der Waals surface area contributed by atoms with Crippen LogP contribution in [0.3, 0.4) is 0 Å². The number of aryl methyl sites for hydroxylation is 1. The number of anilines is 2. The van der Waals surface area contributed by atoms with Gasteiger partial charge in [0.1, 0.15) is 0 Å². The molecule has 0 spiro atoms. The van der Waals surface area contributed by atoms with Gasteiger partial charge in [-0.25, -0.2) is 4.79 Å². The standard InChI is InChI=1S/C20H30N4O3/c1-14-7-8-16(21-15(2)25)13-17(14)22-20(27)24-11-9-23(10-12-24)18-5-3-4-6-19(18)26/h7-8,13,18-19,26H,3-6,9-12H2,1-2H3,(H,21,25)(H,22,27)/t18-,19-/m0/s1. The average molecular weight is 374 g/mol. The molecule has 1 aliphatic heterocycles. The summed E-state index contributed by atoms with van der Waals surface area (Å²) in [5.41, 5.74) is 2.32. The molecular weight excluding hydrogens is 344 g/mol. The first kappa shape index (κ1) is 19.6. The Kier molecular flexibility index (Phi) is 6.34. The molecule has 0 aromatic heterocycles. The number of hydrogen-bond acceptors (Lipinski definition) is 4. The molecule has 0 unspecified atom stereocenters. The molecule has 27 heavy (non-hydrogen) atoms. The molecule has 1 aromatic carbocycles. The predicted octanol–water partition coefficient (Wildman–Crippen LogP) is 2.41. The first-order valence-corrected chi connectivity index (χ1v) is 9.80. The number of nitrogens with zero attached hydrogens (tertiary/aromatic N) is 2. The van der Waals surface area contributed by atoms with E-state index in [1.54, 1.807) is 6.07 Å². The molecule has 1 aromatic rings. The zero-order chi connectivity index (χ0) is 19.4. The summed E-state index contributed by atoms with van der Waals surface area (Å²) < 4.78 is 0. The zero-order valence-electron chi connectivity index (χ0n) is 16.2. The van der Waals surface area contributed by atoms with E-state index < -0.39 is 0 Å². The van der Waals surface area contributed by atoms with Gasteiger partial charge in [0.2, 0.25) is 5.91 Å². The summed E-state index contributed by atoms with van der Waals surface area (Å²) in [4.78, 5) is 28.0. The quantitative estimate of drug-likeness (QED) is 0.758. The first-order valence-electron chi connectivity index (χ1n) is 9.80. The Morgan fingerprint density at radius 1 is 1.07 bits per heavy atom.